The molecule has 1 saturated carbocycles. The molecule has 1 aliphatic heterocycles. The van der Waals surface area contributed by atoms with Gasteiger partial charge >= 0.3 is 5.97 Å². The lowest BCUT2D eigenvalue weighted by atomic mass is 9.86. The fourth-order valence-corrected chi connectivity index (χ4v) is 2.85. The number of carbonyl (C=O) groups excluding carboxylic acids is 1. The molecule has 0 aromatic rings. The Labute approximate surface area is 91.8 Å². The maximum Gasteiger partial charge on any atom is 0.311 e. The van der Waals surface area contributed by atoms with Crippen molar-refractivity contribution in [3.63, 3.8) is 0 Å². The molecule has 0 aromatic heterocycles. The van der Waals surface area contributed by atoms with E-state index in [9.17, 15) is 4.79 Å². The predicted octanol–water partition coefficient (Wildman–Crippen LogP) is 1.67. The molecule has 2 fully saturated rings. The van der Waals surface area contributed by atoms with E-state index in [1.165, 1.54) is 26.5 Å². The number of hydrogen-bond donors (Lipinski definition) is 0. The van der Waals surface area contributed by atoms with E-state index >= 15 is 0 Å². The second-order valence-electron chi connectivity index (χ2n) is 5.25. The maximum atomic E-state index is 11.6. The molecule has 15 heavy (non-hydrogen) atoms. The largest absolute Gasteiger partial charge is 0.469 e. The van der Waals surface area contributed by atoms with Gasteiger partial charge in [0.25, 0.3) is 0 Å². The van der Waals surface area contributed by atoms with Crippen LogP contribution in [-0.4, -0.2) is 38.1 Å². The van der Waals surface area contributed by atoms with Gasteiger partial charge in [0.2, 0.25) is 0 Å². The highest BCUT2D eigenvalue weighted by atomic mass is 16.5. The monoisotopic (exact) mass is 211 g/mol. The molecule has 1 atom stereocenters. The third kappa shape index (κ3) is 2.33. The Kier molecular flexibility index (Phi) is 3.01. The van der Waals surface area contributed by atoms with Crippen LogP contribution in [0.15, 0.2) is 0 Å². The van der Waals surface area contributed by atoms with Crippen molar-refractivity contribution < 1.29 is 9.53 Å². The molecule has 1 unspecified atom stereocenters. The van der Waals surface area contributed by atoms with Crippen molar-refractivity contribution in [3.8, 4) is 0 Å². The van der Waals surface area contributed by atoms with E-state index < -0.39 is 0 Å². The van der Waals surface area contributed by atoms with E-state index in [1.807, 2.05) is 0 Å². The first-order valence-corrected chi connectivity index (χ1v) is 5.93. The number of piperidine rings is 1. The van der Waals surface area contributed by atoms with E-state index in [2.05, 4.69) is 11.9 Å². The first-order chi connectivity index (χ1) is 7.16. The summed E-state index contributed by atoms with van der Waals surface area (Å²) in [6.07, 6.45) is 5.69. The molecule has 0 aromatic carbocycles. The van der Waals surface area contributed by atoms with Gasteiger partial charge in [0.15, 0.2) is 0 Å². The fourth-order valence-electron chi connectivity index (χ4n) is 2.85. The average molecular weight is 211 g/mol. The first kappa shape index (κ1) is 10.9. The quantitative estimate of drug-likeness (QED) is 0.665. The van der Waals surface area contributed by atoms with Crippen LogP contribution in [0.4, 0.5) is 0 Å². The Bertz CT molecular complexity index is 248. The SMILES string of the molecule is COC(=O)C1(CC2CCCN(C)C2)CC1. The highest BCUT2D eigenvalue weighted by Crippen LogP contribution is 2.52. The van der Waals surface area contributed by atoms with E-state index in [-0.39, 0.29) is 11.4 Å². The lowest BCUT2D eigenvalue weighted by Crippen LogP contribution is -2.34. The summed E-state index contributed by atoms with van der Waals surface area (Å²) in [5, 5.41) is 0. The first-order valence-electron chi connectivity index (χ1n) is 5.93. The van der Waals surface area contributed by atoms with E-state index in [0.29, 0.717) is 5.92 Å². The number of methoxy groups -OCH3 is 1. The smallest absolute Gasteiger partial charge is 0.311 e. The van der Waals surface area contributed by atoms with Crippen LogP contribution in [-0.2, 0) is 9.53 Å². The van der Waals surface area contributed by atoms with Crippen LogP contribution < -0.4 is 0 Å². The zero-order valence-corrected chi connectivity index (χ0v) is 9.79. The fraction of sp³-hybridized carbons (Fsp3) is 0.917. The third-order valence-corrected chi connectivity index (χ3v) is 3.87. The maximum absolute atomic E-state index is 11.6. The normalized spacial score (nSPS) is 29.9. The minimum absolute atomic E-state index is 0.0238. The zero-order chi connectivity index (χ0) is 10.9. The Hall–Kier alpha value is -0.570. The lowest BCUT2D eigenvalue weighted by molar-refractivity contribution is -0.148. The van der Waals surface area contributed by atoms with Gasteiger partial charge in [-0.2, -0.15) is 0 Å². The molecule has 86 valence electrons. The number of ether oxygens (including phenoxy) is 1. The van der Waals surface area contributed by atoms with Gasteiger partial charge < -0.3 is 9.64 Å². The summed E-state index contributed by atoms with van der Waals surface area (Å²) in [5.74, 6) is 0.723. The summed E-state index contributed by atoms with van der Waals surface area (Å²) in [7, 11) is 3.68. The van der Waals surface area contributed by atoms with E-state index in [4.69, 9.17) is 4.74 Å². The third-order valence-electron chi connectivity index (χ3n) is 3.87. The molecule has 0 amide bonds. The summed E-state index contributed by atoms with van der Waals surface area (Å²) in [6, 6.07) is 0. The minimum atomic E-state index is -0.0857. The topological polar surface area (TPSA) is 29.5 Å². The molecule has 1 heterocycles. The number of carbonyl (C=O) groups is 1. The van der Waals surface area contributed by atoms with Gasteiger partial charge in [0, 0.05) is 6.54 Å². The summed E-state index contributed by atoms with van der Waals surface area (Å²) in [4.78, 5) is 14.0. The molecule has 0 bridgehead atoms. The Morgan fingerprint density at radius 2 is 2.27 bits per heavy atom. The molecule has 0 N–H and O–H groups in total. The lowest BCUT2D eigenvalue weighted by Gasteiger charge is -2.31. The van der Waals surface area contributed by atoms with Gasteiger partial charge in [0.05, 0.1) is 12.5 Å². The molecule has 1 saturated heterocycles. The Morgan fingerprint density at radius 1 is 1.53 bits per heavy atom. The summed E-state index contributed by atoms with van der Waals surface area (Å²) >= 11 is 0. The van der Waals surface area contributed by atoms with Crippen molar-refractivity contribution in [3.05, 3.63) is 0 Å². The van der Waals surface area contributed by atoms with E-state index in [1.54, 1.807) is 0 Å². The standard InChI is InChI=1S/C12H21NO2/c1-13-7-3-4-10(9-13)8-12(5-6-12)11(14)15-2/h10H,3-9H2,1-2H3. The van der Waals surface area contributed by atoms with Crippen LogP contribution in [0.5, 0.6) is 0 Å². The van der Waals surface area contributed by atoms with Crippen LogP contribution in [0, 0.1) is 11.3 Å². The second-order valence-corrected chi connectivity index (χ2v) is 5.25. The van der Waals surface area contributed by atoms with E-state index in [0.717, 1.165) is 25.8 Å². The van der Waals surface area contributed by atoms with Gasteiger partial charge in [-0.25, -0.2) is 0 Å². The predicted molar refractivity (Wildman–Crippen MR) is 58.5 cm³/mol. The van der Waals surface area contributed by atoms with Crippen molar-refractivity contribution in [2.75, 3.05) is 27.2 Å². The number of esters is 1. The highest BCUT2D eigenvalue weighted by Gasteiger charge is 2.51. The summed E-state index contributed by atoms with van der Waals surface area (Å²) in [6.45, 7) is 2.36. The number of nitrogens with zero attached hydrogens (tertiary/aromatic N) is 1. The van der Waals surface area contributed by atoms with Crippen molar-refractivity contribution in [2.45, 2.75) is 32.1 Å². The van der Waals surface area contributed by atoms with Gasteiger partial charge in [0.1, 0.15) is 0 Å². The van der Waals surface area contributed by atoms with Crippen molar-refractivity contribution >= 4 is 5.97 Å². The molecule has 3 nitrogen and oxygen atoms in total. The number of likely N-dealkylation sites (tertiary alicyclic amines) is 1. The second kappa shape index (κ2) is 4.12. The summed E-state index contributed by atoms with van der Waals surface area (Å²) in [5.41, 5.74) is -0.0857. The molecule has 0 radical (unpaired) electrons. The van der Waals surface area contributed by atoms with Gasteiger partial charge in [-0.1, -0.05) is 0 Å². The molecule has 1 aliphatic carbocycles. The van der Waals surface area contributed by atoms with Gasteiger partial charge in [-0.05, 0) is 51.6 Å². The minimum Gasteiger partial charge on any atom is -0.469 e. The van der Waals surface area contributed by atoms with Crippen LogP contribution in [0.3, 0.4) is 0 Å². The zero-order valence-electron chi connectivity index (χ0n) is 9.79. The number of rotatable bonds is 3. The summed E-state index contributed by atoms with van der Waals surface area (Å²) < 4.78 is 4.89. The average Bonchev–Trinajstić information content (AvgIpc) is 2.98. The Balaban J connectivity index is 1.88. The van der Waals surface area contributed by atoms with Crippen molar-refractivity contribution in [2.24, 2.45) is 11.3 Å². The Morgan fingerprint density at radius 3 is 2.80 bits per heavy atom. The van der Waals surface area contributed by atoms with Gasteiger partial charge in [-0.3, -0.25) is 4.79 Å². The molecule has 2 rings (SSSR count). The van der Waals surface area contributed by atoms with Gasteiger partial charge in [-0.15, -0.1) is 0 Å². The van der Waals surface area contributed by atoms with Crippen LogP contribution in [0.2, 0.25) is 0 Å². The molecule has 3 heteroatoms. The van der Waals surface area contributed by atoms with Crippen LogP contribution in [0.1, 0.15) is 32.1 Å². The number of hydrogen-bond acceptors (Lipinski definition) is 3. The molecule has 2 aliphatic rings. The van der Waals surface area contributed by atoms with Crippen molar-refractivity contribution in [1.82, 2.24) is 4.90 Å². The van der Waals surface area contributed by atoms with Crippen molar-refractivity contribution in [1.29, 1.82) is 0 Å². The van der Waals surface area contributed by atoms with Crippen LogP contribution >= 0.6 is 0 Å². The molecular formula is C12H21NO2. The highest BCUT2D eigenvalue weighted by molar-refractivity contribution is 5.79. The molecule has 0 spiro atoms. The van der Waals surface area contributed by atoms with Crippen LogP contribution in [0.25, 0.3) is 0 Å². The molecular weight excluding hydrogens is 190 g/mol.